The van der Waals surface area contributed by atoms with Crippen molar-refractivity contribution in [2.75, 3.05) is 46.3 Å². The number of likely N-dealkylation sites (N-methyl/N-ethyl adjacent to an activating group) is 1. The molecule has 1 aromatic carbocycles. The van der Waals surface area contributed by atoms with Gasteiger partial charge in [0.1, 0.15) is 0 Å². The summed E-state index contributed by atoms with van der Waals surface area (Å²) in [6.45, 7) is 2.06. The van der Waals surface area contributed by atoms with Crippen molar-refractivity contribution in [3.05, 3.63) is 69.5 Å². The summed E-state index contributed by atoms with van der Waals surface area (Å²) in [5, 5.41) is 29.9. The first kappa shape index (κ1) is 25.2. The highest BCUT2D eigenvalue weighted by Crippen LogP contribution is 2.26. The maximum Gasteiger partial charge on any atom is 0.317 e. The van der Waals surface area contributed by atoms with Gasteiger partial charge in [0.05, 0.1) is 35.4 Å². The normalized spacial score (nSPS) is 18.6. The molecule has 34 heavy (non-hydrogen) atoms. The molecule has 182 valence electrons. The van der Waals surface area contributed by atoms with Crippen LogP contribution in [0.2, 0.25) is 0 Å². The molecule has 2 N–H and O–H groups in total. The van der Waals surface area contributed by atoms with Crippen LogP contribution in [0.4, 0.5) is 5.69 Å². The third-order valence-electron chi connectivity index (χ3n) is 5.82. The molecule has 0 spiro atoms. The van der Waals surface area contributed by atoms with Gasteiger partial charge in [0.2, 0.25) is 0 Å². The minimum Gasteiger partial charge on any atom is -0.480 e. The third-order valence-corrected chi connectivity index (χ3v) is 5.82. The van der Waals surface area contributed by atoms with E-state index in [1.54, 1.807) is 21.9 Å². The molecule has 1 aliphatic rings. The number of aromatic nitrogens is 1. The molecule has 1 aliphatic heterocycles. The summed E-state index contributed by atoms with van der Waals surface area (Å²) in [6, 6.07) is 11.5. The van der Waals surface area contributed by atoms with Crippen LogP contribution < -0.4 is 0 Å². The highest BCUT2D eigenvalue weighted by molar-refractivity contribution is 5.69. The molecule has 0 fully saturated rings. The quantitative estimate of drug-likeness (QED) is 0.451. The molecule has 0 saturated carbocycles. The number of benzene rings is 1. The number of carboxylic acids is 2. The summed E-state index contributed by atoms with van der Waals surface area (Å²) in [5.74, 6) is -1.93. The van der Waals surface area contributed by atoms with E-state index in [1.165, 1.54) is 12.1 Å². The summed E-state index contributed by atoms with van der Waals surface area (Å²) in [7, 11) is 1.95. The Bertz CT molecular complexity index is 1020. The van der Waals surface area contributed by atoms with E-state index in [4.69, 9.17) is 4.98 Å². The van der Waals surface area contributed by atoms with E-state index in [-0.39, 0.29) is 18.8 Å². The number of nitro benzene ring substituents is 1. The lowest BCUT2D eigenvalue weighted by atomic mass is 10.00. The van der Waals surface area contributed by atoms with Crippen LogP contribution in [0.3, 0.4) is 0 Å². The highest BCUT2D eigenvalue weighted by Gasteiger charge is 2.26. The second-order valence-corrected chi connectivity index (χ2v) is 8.47. The Hall–Kier alpha value is -3.41. The Balaban J connectivity index is 1.98. The zero-order valence-electron chi connectivity index (χ0n) is 19.0. The molecule has 1 aromatic heterocycles. The van der Waals surface area contributed by atoms with Gasteiger partial charge in [-0.1, -0.05) is 18.2 Å². The van der Waals surface area contributed by atoms with E-state index in [0.717, 1.165) is 11.3 Å². The number of hydrogen-bond acceptors (Lipinski definition) is 8. The first-order valence-electron chi connectivity index (χ1n) is 11.0. The monoisotopic (exact) mass is 471 g/mol. The van der Waals surface area contributed by atoms with Gasteiger partial charge in [0, 0.05) is 44.9 Å². The summed E-state index contributed by atoms with van der Waals surface area (Å²) in [5.41, 5.74) is 2.33. The molecule has 2 bridgehead atoms. The van der Waals surface area contributed by atoms with E-state index < -0.39 is 22.9 Å². The molecule has 1 atom stereocenters. The van der Waals surface area contributed by atoms with Crippen molar-refractivity contribution in [1.29, 1.82) is 0 Å². The van der Waals surface area contributed by atoms with Crippen LogP contribution >= 0.6 is 0 Å². The predicted molar refractivity (Wildman–Crippen MR) is 123 cm³/mol. The van der Waals surface area contributed by atoms with Gasteiger partial charge in [0.15, 0.2) is 0 Å². The van der Waals surface area contributed by atoms with Crippen LogP contribution in [-0.4, -0.2) is 93.1 Å². The second kappa shape index (κ2) is 11.6. The summed E-state index contributed by atoms with van der Waals surface area (Å²) >= 11 is 0. The van der Waals surface area contributed by atoms with Crippen LogP contribution in [0.1, 0.15) is 23.0 Å². The lowest BCUT2D eigenvalue weighted by Crippen LogP contribution is -2.44. The second-order valence-electron chi connectivity index (χ2n) is 8.47. The Labute approximate surface area is 197 Å². The highest BCUT2D eigenvalue weighted by atomic mass is 16.6. The number of fused-ring (bicyclic) bond motifs is 2. The molecule has 0 aliphatic carbocycles. The van der Waals surface area contributed by atoms with E-state index >= 15 is 0 Å². The molecule has 1 unspecified atom stereocenters. The van der Waals surface area contributed by atoms with Crippen molar-refractivity contribution < 1.29 is 24.7 Å². The lowest BCUT2D eigenvalue weighted by molar-refractivity contribution is -0.384. The van der Waals surface area contributed by atoms with Gasteiger partial charge < -0.3 is 10.2 Å². The number of rotatable bonds is 7. The molecule has 3 rings (SSSR count). The molecule has 11 nitrogen and oxygen atoms in total. The fourth-order valence-corrected chi connectivity index (χ4v) is 4.09. The topological polar surface area (TPSA) is 140 Å². The molecule has 0 amide bonds. The van der Waals surface area contributed by atoms with Gasteiger partial charge >= 0.3 is 11.9 Å². The first-order chi connectivity index (χ1) is 16.2. The zero-order chi connectivity index (χ0) is 24.7. The number of hydrogen-bond donors (Lipinski definition) is 2. The molecule has 2 heterocycles. The van der Waals surface area contributed by atoms with Crippen molar-refractivity contribution in [3.63, 3.8) is 0 Å². The Morgan fingerprint density at radius 2 is 1.71 bits per heavy atom. The molecule has 2 aromatic rings. The molecular formula is C23H29N5O6. The van der Waals surface area contributed by atoms with Gasteiger partial charge in [-0.15, -0.1) is 0 Å². The molecule has 11 heteroatoms. The Morgan fingerprint density at radius 3 is 2.35 bits per heavy atom. The van der Waals surface area contributed by atoms with Gasteiger partial charge in [-0.25, -0.2) is 0 Å². The SMILES string of the molecule is CN1CCN(CC(=O)O)CCN(CC(=O)O)C(Cc2ccc([N+](=O)[O-])cc2)c2cccc(n2)C1. The van der Waals surface area contributed by atoms with Crippen molar-refractivity contribution in [2.45, 2.75) is 19.0 Å². The minimum atomic E-state index is -0.999. The number of nitrogens with zero attached hydrogens (tertiary/aromatic N) is 5. The van der Waals surface area contributed by atoms with Crippen molar-refractivity contribution in [1.82, 2.24) is 19.7 Å². The van der Waals surface area contributed by atoms with Crippen molar-refractivity contribution in [2.24, 2.45) is 0 Å². The average molecular weight is 472 g/mol. The van der Waals surface area contributed by atoms with Gasteiger partial charge in [-0.3, -0.25) is 39.4 Å². The fourth-order valence-electron chi connectivity index (χ4n) is 4.09. The van der Waals surface area contributed by atoms with Crippen LogP contribution in [0, 0.1) is 10.1 Å². The minimum absolute atomic E-state index is 0.0164. The van der Waals surface area contributed by atoms with E-state index in [2.05, 4.69) is 4.90 Å². The average Bonchev–Trinajstić information content (AvgIpc) is 2.77. The smallest absolute Gasteiger partial charge is 0.317 e. The van der Waals surface area contributed by atoms with E-state index in [1.807, 2.05) is 25.2 Å². The molecule has 0 saturated heterocycles. The molecule has 0 radical (unpaired) electrons. The van der Waals surface area contributed by atoms with Crippen LogP contribution in [0.25, 0.3) is 0 Å². The van der Waals surface area contributed by atoms with Crippen molar-refractivity contribution >= 4 is 17.6 Å². The van der Waals surface area contributed by atoms with Gasteiger partial charge in [0.25, 0.3) is 5.69 Å². The van der Waals surface area contributed by atoms with Gasteiger partial charge in [-0.2, -0.15) is 0 Å². The zero-order valence-corrected chi connectivity index (χ0v) is 19.0. The largest absolute Gasteiger partial charge is 0.480 e. The van der Waals surface area contributed by atoms with Gasteiger partial charge in [-0.05, 0) is 31.2 Å². The maximum atomic E-state index is 11.7. The first-order valence-corrected chi connectivity index (χ1v) is 11.0. The summed E-state index contributed by atoms with van der Waals surface area (Å²) in [4.78, 5) is 44.1. The van der Waals surface area contributed by atoms with Crippen molar-refractivity contribution in [3.8, 4) is 0 Å². The number of pyridine rings is 1. The van der Waals surface area contributed by atoms with E-state index in [0.29, 0.717) is 44.8 Å². The number of nitro groups is 1. The van der Waals surface area contributed by atoms with Crippen LogP contribution in [-0.2, 0) is 22.6 Å². The van der Waals surface area contributed by atoms with Crippen LogP contribution in [0.5, 0.6) is 0 Å². The maximum absolute atomic E-state index is 11.7. The Kier molecular flexibility index (Phi) is 8.63. The third kappa shape index (κ3) is 7.30. The fraction of sp³-hybridized carbons (Fsp3) is 0.435. The summed E-state index contributed by atoms with van der Waals surface area (Å²) < 4.78 is 0. The Morgan fingerprint density at radius 1 is 1.03 bits per heavy atom. The number of non-ortho nitro benzene ring substituents is 1. The number of carboxylic acid groups (broad SMARTS) is 2. The summed E-state index contributed by atoms with van der Waals surface area (Å²) in [6.07, 6.45) is 0.399. The van der Waals surface area contributed by atoms with Crippen LogP contribution in [0.15, 0.2) is 42.5 Å². The predicted octanol–water partition coefficient (Wildman–Crippen LogP) is 1.49. The number of carbonyl (C=O) groups is 2. The molecular weight excluding hydrogens is 442 g/mol. The number of aliphatic carboxylic acids is 2. The lowest BCUT2D eigenvalue weighted by Gasteiger charge is -2.33. The standard InChI is InChI=1S/C23H29N5O6/c1-25-9-10-26(15-22(29)30)11-12-27(16-23(31)32)21(20-4-2-3-18(14-25)24-20)13-17-5-7-19(8-6-17)28(33)34/h2-8,21H,9-16H2,1H3,(H,29,30)(H,31,32). The van der Waals surface area contributed by atoms with E-state index in [9.17, 15) is 29.9 Å².